The van der Waals surface area contributed by atoms with E-state index < -0.39 is 119 Å². The third-order valence-corrected chi connectivity index (χ3v) is 16.8. The van der Waals surface area contributed by atoms with Gasteiger partial charge >= 0.3 is 18.0 Å². The van der Waals surface area contributed by atoms with Crippen molar-refractivity contribution in [2.24, 2.45) is 23.7 Å². The van der Waals surface area contributed by atoms with Crippen molar-refractivity contribution in [3.05, 3.63) is 45.7 Å². The summed E-state index contributed by atoms with van der Waals surface area (Å²) < 4.78 is 64.2. The number of nitrogens with zero attached hydrogens (tertiary/aromatic N) is 2. The van der Waals surface area contributed by atoms with Gasteiger partial charge in [0.05, 0.1) is 67.4 Å². The van der Waals surface area contributed by atoms with Gasteiger partial charge in [0.25, 0.3) is 0 Å². The number of alkyl carbamates (subject to hydrolysis) is 1. The molecule has 3 fully saturated rings. The van der Waals surface area contributed by atoms with Crippen LogP contribution in [-0.2, 0) is 69.9 Å². The largest absolute Gasteiger partial charge is 0.477 e. The van der Waals surface area contributed by atoms with Crippen LogP contribution in [0.25, 0.3) is 10.9 Å². The predicted molar refractivity (Wildman–Crippen MR) is 294 cm³/mol. The summed E-state index contributed by atoms with van der Waals surface area (Å²) >= 11 is 0. The molecule has 1 aromatic carbocycles. The molecule has 3 saturated heterocycles. The van der Waals surface area contributed by atoms with Gasteiger partial charge in [-0.1, -0.05) is 33.8 Å². The summed E-state index contributed by atoms with van der Waals surface area (Å²) in [5.41, 5.74) is -3.77. The number of aromatic carboxylic acids is 1. The Hall–Kier alpha value is -4.17. The van der Waals surface area contributed by atoms with Crippen molar-refractivity contribution < 1.29 is 87.0 Å². The third kappa shape index (κ3) is 15.7. The van der Waals surface area contributed by atoms with Gasteiger partial charge in [0.1, 0.15) is 34.8 Å². The number of carboxylic acid groups (broad SMARTS) is 1. The van der Waals surface area contributed by atoms with Gasteiger partial charge in [-0.3, -0.25) is 14.4 Å². The highest BCUT2D eigenvalue weighted by Gasteiger charge is 2.55. The molecular weight excluding hydrogens is 1040 g/mol. The van der Waals surface area contributed by atoms with E-state index >= 15 is 0 Å². The van der Waals surface area contributed by atoms with Crippen LogP contribution >= 0.6 is 0 Å². The number of ketones is 1. The van der Waals surface area contributed by atoms with E-state index in [2.05, 4.69) is 5.32 Å². The van der Waals surface area contributed by atoms with Crippen molar-refractivity contribution in [1.29, 1.82) is 0 Å². The Balaban J connectivity index is 1.25. The number of benzene rings is 1. The second-order valence-electron chi connectivity index (χ2n) is 23.1. The number of carboxylic acids is 1. The summed E-state index contributed by atoms with van der Waals surface area (Å²) in [6.45, 7) is 20.6. The molecule has 2 unspecified atom stereocenters. The van der Waals surface area contributed by atoms with Crippen molar-refractivity contribution in [3.63, 3.8) is 0 Å². The van der Waals surface area contributed by atoms with Gasteiger partial charge in [0, 0.05) is 75.7 Å². The lowest BCUT2D eigenvalue weighted by Crippen LogP contribution is -2.62. The van der Waals surface area contributed by atoms with Gasteiger partial charge in [0.15, 0.2) is 18.7 Å². The van der Waals surface area contributed by atoms with Gasteiger partial charge in [0.2, 0.25) is 5.43 Å². The van der Waals surface area contributed by atoms with Crippen LogP contribution < -0.4 is 10.7 Å². The van der Waals surface area contributed by atoms with E-state index in [-0.39, 0.29) is 62.5 Å². The molecule has 1 amide bonds. The van der Waals surface area contributed by atoms with E-state index in [0.717, 1.165) is 5.56 Å². The number of rotatable bonds is 21. The molecule has 5 N–H and O–H groups in total. The molecule has 22 nitrogen and oxygen atoms in total. The van der Waals surface area contributed by atoms with Gasteiger partial charge in [-0.05, 0) is 112 Å². The number of methoxy groups -OCH3 is 2. The fraction of sp³-hybridized carbons (Fsp3) is 0.776. The Bertz CT molecular complexity index is 2440. The Morgan fingerprint density at radius 3 is 2.12 bits per heavy atom. The highest BCUT2D eigenvalue weighted by molar-refractivity contribution is 5.92. The number of likely N-dealkylation sites (N-methyl/N-ethyl adjacent to an activating group) is 1. The van der Waals surface area contributed by atoms with E-state index in [4.69, 9.17) is 47.4 Å². The normalized spacial score (nSPS) is 35.9. The number of fused-ring (bicyclic) bond motifs is 1. The Kier molecular flexibility index (Phi) is 24.1. The van der Waals surface area contributed by atoms with Gasteiger partial charge in [-0.25, -0.2) is 9.59 Å². The number of Topliss-reactive ketones (excluding diaryl/α,β-unsaturated/α-hetero) is 1. The van der Waals surface area contributed by atoms with Gasteiger partial charge in [-0.2, -0.15) is 0 Å². The van der Waals surface area contributed by atoms with Gasteiger partial charge < -0.3 is 82.6 Å². The number of aryl methyl sites for hydroxylation is 2. The SMILES string of the molecule is CC[C@H]1OC(=O)[C@H](C)[C@@H](OC2C[C@@](C)(OC)[C@@H](OC(=O)NCCOCCOCCCc3ccc4c(c3)c(=O)c(C(=O)O)cn4CC)[C@H](C)O2)[C@H](C)[C@@H](OC2O[C@H](C)C[C@H](N(C)C)[C@H]2O)[C@](C)(OC)C[C@@H](C)C(=O)[C@H](C)[C@@H](O)[C@]1(C)O. The number of cyclic esters (lactones) is 1. The number of hydrogen-bond acceptors (Lipinski definition) is 19. The fourth-order valence-electron chi connectivity index (χ4n) is 11.9. The van der Waals surface area contributed by atoms with Crippen LogP contribution in [0, 0.1) is 23.7 Å². The van der Waals surface area contributed by atoms with Gasteiger partial charge in [-0.15, -0.1) is 0 Å². The van der Waals surface area contributed by atoms with E-state index in [9.17, 15) is 44.4 Å². The molecule has 454 valence electrons. The van der Waals surface area contributed by atoms with E-state index in [1.54, 1.807) is 52.2 Å². The van der Waals surface area contributed by atoms with Crippen LogP contribution in [0.4, 0.5) is 4.79 Å². The topological polar surface area (TPSA) is 279 Å². The summed E-state index contributed by atoms with van der Waals surface area (Å²) in [5, 5.41) is 47.9. The standard InChI is InChI=1S/C58H93N3O19/c1-16-43-58(11,70)49(65)34(5)45(62)32(3)29-56(9,71-14)50(79-54-47(64)42(60(12)13)27-33(4)75-54)35(6)48(36(7)53(68)77-43)78-44-30-57(10,72-15)51(37(8)76-44)80-55(69)59-22-24-74-26-25-73-23-18-19-38-20-21-41-39(28-38)46(63)40(52(66)67)31-61(41)17-2/h20-21,28,31-37,42-44,47-51,54,64-65,70H,16-19,22-27,29-30H2,1-15H3,(H,59,69)(H,66,67)/t32-,33-,34+,35+,36-,37+,42+,43-,44?,47-,48+,49-,50-,51+,54?,56-,57-,58-/m1/s1. The summed E-state index contributed by atoms with van der Waals surface area (Å²) in [4.78, 5) is 68.5. The van der Waals surface area contributed by atoms with Crippen LogP contribution in [0.2, 0.25) is 0 Å². The monoisotopic (exact) mass is 1140 g/mol. The van der Waals surface area contributed by atoms with E-state index in [1.807, 2.05) is 51.9 Å². The summed E-state index contributed by atoms with van der Waals surface area (Å²) in [6, 6.07) is 5.16. The molecule has 2 aromatic rings. The lowest BCUT2D eigenvalue weighted by molar-refractivity contribution is -0.319. The number of aliphatic hydroxyl groups excluding tert-OH is 2. The lowest BCUT2D eigenvalue weighted by atomic mass is 9.74. The lowest BCUT2D eigenvalue weighted by Gasteiger charge is -2.50. The first-order valence-electron chi connectivity index (χ1n) is 28.3. The quantitative estimate of drug-likeness (QED) is 0.0823. The molecule has 4 heterocycles. The van der Waals surface area contributed by atoms with Crippen molar-refractivity contribution in [1.82, 2.24) is 14.8 Å². The molecule has 3 aliphatic heterocycles. The highest BCUT2D eigenvalue weighted by atomic mass is 16.7. The summed E-state index contributed by atoms with van der Waals surface area (Å²) in [7, 11) is 6.69. The van der Waals surface area contributed by atoms with E-state index in [0.29, 0.717) is 49.9 Å². The number of hydrogen-bond donors (Lipinski definition) is 5. The number of carbonyl (C=O) groups is 4. The molecule has 0 spiro atoms. The Labute approximate surface area is 471 Å². The second kappa shape index (κ2) is 28.9. The minimum absolute atomic E-state index is 0.0112. The number of ether oxygens (including phenoxy) is 10. The fourth-order valence-corrected chi connectivity index (χ4v) is 11.9. The summed E-state index contributed by atoms with van der Waals surface area (Å²) in [5.74, 6) is -6.13. The predicted octanol–water partition coefficient (Wildman–Crippen LogP) is 4.87. The Morgan fingerprint density at radius 1 is 0.863 bits per heavy atom. The summed E-state index contributed by atoms with van der Waals surface area (Å²) in [6.07, 6.45) is -7.87. The van der Waals surface area contributed by atoms with Crippen molar-refractivity contribution in [2.45, 2.75) is 205 Å². The number of nitrogens with one attached hydrogen (secondary N) is 1. The highest BCUT2D eigenvalue weighted by Crippen LogP contribution is 2.42. The maximum Gasteiger partial charge on any atom is 0.407 e. The van der Waals surface area contributed by atoms with Crippen LogP contribution in [0.15, 0.2) is 29.2 Å². The maximum absolute atomic E-state index is 14.6. The third-order valence-electron chi connectivity index (χ3n) is 16.8. The first-order valence-corrected chi connectivity index (χ1v) is 28.3. The van der Waals surface area contributed by atoms with Crippen LogP contribution in [-0.4, -0.2) is 199 Å². The molecule has 0 bridgehead atoms. The number of aliphatic hydroxyl groups is 3. The number of carbonyl (C=O) groups excluding carboxylic acids is 3. The van der Waals surface area contributed by atoms with Crippen molar-refractivity contribution >= 4 is 34.7 Å². The average Bonchev–Trinajstić information content (AvgIpc) is 3.41. The molecular formula is C58H93N3O19. The second-order valence-corrected chi connectivity index (χ2v) is 23.1. The minimum atomic E-state index is -2.03. The van der Waals surface area contributed by atoms with Crippen LogP contribution in [0.1, 0.15) is 124 Å². The van der Waals surface area contributed by atoms with Crippen LogP contribution in [0.3, 0.4) is 0 Å². The average molecular weight is 1140 g/mol. The molecule has 22 heteroatoms. The molecule has 3 aliphatic rings. The molecule has 0 saturated carbocycles. The molecule has 80 heavy (non-hydrogen) atoms. The number of amides is 1. The zero-order chi connectivity index (χ0) is 59.6. The Morgan fingerprint density at radius 2 is 1.51 bits per heavy atom. The smallest absolute Gasteiger partial charge is 0.407 e. The molecule has 5 rings (SSSR count). The molecule has 18 atom stereocenters. The maximum atomic E-state index is 14.6. The van der Waals surface area contributed by atoms with Crippen LogP contribution in [0.5, 0.6) is 0 Å². The molecule has 1 aromatic heterocycles. The molecule has 0 radical (unpaired) electrons. The zero-order valence-electron chi connectivity index (χ0n) is 49.8. The first-order chi connectivity index (χ1) is 37.6. The number of esters is 1. The van der Waals surface area contributed by atoms with Crippen molar-refractivity contribution in [3.8, 4) is 0 Å². The van der Waals surface area contributed by atoms with Crippen molar-refractivity contribution in [2.75, 3.05) is 61.3 Å². The molecule has 0 aliphatic carbocycles. The van der Waals surface area contributed by atoms with E-state index in [1.165, 1.54) is 34.3 Å². The zero-order valence-corrected chi connectivity index (χ0v) is 49.8. The number of pyridine rings is 1. The minimum Gasteiger partial charge on any atom is -0.477 e. The number of aromatic nitrogens is 1. The first kappa shape index (κ1) is 66.6.